The van der Waals surface area contributed by atoms with E-state index in [2.05, 4.69) is 6.92 Å². The van der Waals surface area contributed by atoms with Crippen LogP contribution in [0.3, 0.4) is 0 Å². The van der Waals surface area contributed by atoms with E-state index in [1.807, 2.05) is 4.90 Å². The van der Waals surface area contributed by atoms with E-state index in [-0.39, 0.29) is 12.3 Å². The number of hydrogen-bond acceptors (Lipinski definition) is 2. The van der Waals surface area contributed by atoms with Crippen molar-refractivity contribution < 1.29 is 14.7 Å². The smallest absolute Gasteiger partial charge is 0.303 e. The van der Waals surface area contributed by atoms with Crippen molar-refractivity contribution >= 4 is 11.9 Å². The number of carbonyl (C=O) groups excluding carboxylic acids is 1. The second-order valence-corrected chi connectivity index (χ2v) is 4.86. The Morgan fingerprint density at radius 3 is 2.88 bits per heavy atom. The van der Waals surface area contributed by atoms with Gasteiger partial charge < -0.3 is 10.0 Å². The Bertz CT molecular complexity index is 265. The summed E-state index contributed by atoms with van der Waals surface area (Å²) in [6.07, 6.45) is 5.82. The molecule has 4 heteroatoms. The molecule has 0 saturated carbocycles. The maximum atomic E-state index is 11.8. The lowest BCUT2D eigenvalue weighted by Gasteiger charge is -2.20. The van der Waals surface area contributed by atoms with Crippen LogP contribution in [0, 0.1) is 5.92 Å². The molecule has 1 atom stereocenters. The molecule has 0 aliphatic carbocycles. The SMILES string of the molecule is CCCC1CCC(=O)N(CCCC(=O)O)CC1. The average Bonchev–Trinajstić information content (AvgIpc) is 2.44. The van der Waals surface area contributed by atoms with Crippen LogP contribution >= 0.6 is 0 Å². The van der Waals surface area contributed by atoms with Crippen LogP contribution in [-0.4, -0.2) is 35.0 Å². The molecule has 0 spiro atoms. The summed E-state index contributed by atoms with van der Waals surface area (Å²) in [5.41, 5.74) is 0. The Balaban J connectivity index is 2.34. The van der Waals surface area contributed by atoms with Gasteiger partial charge in [0.25, 0.3) is 0 Å². The lowest BCUT2D eigenvalue weighted by molar-refractivity contribution is -0.138. The lowest BCUT2D eigenvalue weighted by Crippen LogP contribution is -2.31. The van der Waals surface area contributed by atoms with Gasteiger partial charge >= 0.3 is 5.97 Å². The minimum absolute atomic E-state index is 0.155. The minimum atomic E-state index is -0.781. The third-order valence-electron chi connectivity index (χ3n) is 3.44. The number of carboxylic acid groups (broad SMARTS) is 1. The third kappa shape index (κ3) is 5.20. The van der Waals surface area contributed by atoms with Crippen LogP contribution in [0.4, 0.5) is 0 Å². The largest absolute Gasteiger partial charge is 0.481 e. The van der Waals surface area contributed by atoms with Crippen molar-refractivity contribution in [2.24, 2.45) is 5.92 Å². The Hall–Kier alpha value is -1.06. The van der Waals surface area contributed by atoms with Crippen molar-refractivity contribution in [3.05, 3.63) is 0 Å². The summed E-state index contributed by atoms with van der Waals surface area (Å²) < 4.78 is 0. The van der Waals surface area contributed by atoms with E-state index in [1.165, 1.54) is 12.8 Å². The fourth-order valence-electron chi connectivity index (χ4n) is 2.45. The Morgan fingerprint density at radius 1 is 1.47 bits per heavy atom. The van der Waals surface area contributed by atoms with Gasteiger partial charge in [-0.3, -0.25) is 9.59 Å². The molecule has 17 heavy (non-hydrogen) atoms. The predicted molar refractivity (Wildman–Crippen MR) is 65.7 cm³/mol. The molecular weight excluding hydrogens is 218 g/mol. The van der Waals surface area contributed by atoms with Gasteiger partial charge in [-0.2, -0.15) is 0 Å². The van der Waals surface area contributed by atoms with E-state index >= 15 is 0 Å². The molecule has 0 bridgehead atoms. The van der Waals surface area contributed by atoms with Crippen LogP contribution in [0.2, 0.25) is 0 Å². The highest BCUT2D eigenvalue weighted by Gasteiger charge is 2.21. The highest BCUT2D eigenvalue weighted by Crippen LogP contribution is 2.22. The maximum Gasteiger partial charge on any atom is 0.303 e. The van der Waals surface area contributed by atoms with Gasteiger partial charge in [-0.25, -0.2) is 0 Å². The zero-order valence-corrected chi connectivity index (χ0v) is 10.7. The first-order chi connectivity index (χ1) is 8.13. The van der Waals surface area contributed by atoms with Crippen LogP contribution in [0.25, 0.3) is 0 Å². The molecule has 0 aromatic carbocycles. The van der Waals surface area contributed by atoms with E-state index in [0.29, 0.717) is 25.3 Å². The van der Waals surface area contributed by atoms with E-state index in [9.17, 15) is 9.59 Å². The lowest BCUT2D eigenvalue weighted by atomic mass is 9.96. The molecule has 1 unspecified atom stereocenters. The van der Waals surface area contributed by atoms with Gasteiger partial charge in [-0.05, 0) is 25.2 Å². The Morgan fingerprint density at radius 2 is 2.24 bits per heavy atom. The number of aliphatic carboxylic acids is 1. The molecule has 1 heterocycles. The van der Waals surface area contributed by atoms with Crippen molar-refractivity contribution in [1.29, 1.82) is 0 Å². The number of amides is 1. The topological polar surface area (TPSA) is 57.6 Å². The fourth-order valence-corrected chi connectivity index (χ4v) is 2.45. The van der Waals surface area contributed by atoms with Gasteiger partial charge in [0.1, 0.15) is 0 Å². The number of likely N-dealkylation sites (tertiary alicyclic amines) is 1. The van der Waals surface area contributed by atoms with Crippen molar-refractivity contribution in [1.82, 2.24) is 4.90 Å². The zero-order chi connectivity index (χ0) is 12.7. The predicted octanol–water partition coefficient (Wildman–Crippen LogP) is 2.28. The quantitative estimate of drug-likeness (QED) is 0.776. The van der Waals surface area contributed by atoms with Gasteiger partial charge in [0.05, 0.1) is 0 Å². The molecule has 98 valence electrons. The molecular formula is C13H23NO3. The normalized spacial score (nSPS) is 21.4. The summed E-state index contributed by atoms with van der Waals surface area (Å²) in [6, 6.07) is 0. The molecule has 4 nitrogen and oxygen atoms in total. The van der Waals surface area contributed by atoms with Gasteiger partial charge in [-0.15, -0.1) is 0 Å². The number of nitrogens with zero attached hydrogens (tertiary/aromatic N) is 1. The first-order valence-corrected chi connectivity index (χ1v) is 6.63. The summed E-state index contributed by atoms with van der Waals surface area (Å²) >= 11 is 0. The van der Waals surface area contributed by atoms with Gasteiger partial charge in [0.15, 0.2) is 0 Å². The molecule has 0 radical (unpaired) electrons. The van der Waals surface area contributed by atoms with Crippen LogP contribution in [0.1, 0.15) is 51.9 Å². The molecule has 1 saturated heterocycles. The van der Waals surface area contributed by atoms with Crippen molar-refractivity contribution in [2.75, 3.05) is 13.1 Å². The number of carbonyl (C=O) groups is 2. The Labute approximate surface area is 103 Å². The number of hydrogen-bond donors (Lipinski definition) is 1. The van der Waals surface area contributed by atoms with E-state index in [4.69, 9.17) is 5.11 Å². The molecule has 1 aliphatic rings. The second kappa shape index (κ2) is 7.30. The van der Waals surface area contributed by atoms with Crippen LogP contribution < -0.4 is 0 Å². The van der Waals surface area contributed by atoms with Crippen LogP contribution in [0.15, 0.2) is 0 Å². The second-order valence-electron chi connectivity index (χ2n) is 4.86. The first kappa shape index (κ1) is 14.0. The van der Waals surface area contributed by atoms with Gasteiger partial charge in [0.2, 0.25) is 5.91 Å². The summed E-state index contributed by atoms with van der Waals surface area (Å²) in [5.74, 6) is 0.0959. The molecule has 0 aromatic heterocycles. The van der Waals surface area contributed by atoms with Crippen molar-refractivity contribution in [3.8, 4) is 0 Å². The minimum Gasteiger partial charge on any atom is -0.481 e. The fraction of sp³-hybridized carbons (Fsp3) is 0.846. The van der Waals surface area contributed by atoms with Gasteiger partial charge in [-0.1, -0.05) is 19.8 Å². The number of carboxylic acids is 1. The van der Waals surface area contributed by atoms with Gasteiger partial charge in [0, 0.05) is 25.9 Å². The van der Waals surface area contributed by atoms with Crippen molar-refractivity contribution in [3.63, 3.8) is 0 Å². The summed E-state index contributed by atoms with van der Waals surface area (Å²) in [7, 11) is 0. The molecule has 1 aliphatic heterocycles. The maximum absolute atomic E-state index is 11.8. The summed E-state index contributed by atoms with van der Waals surface area (Å²) in [5, 5.41) is 8.57. The monoisotopic (exact) mass is 241 g/mol. The van der Waals surface area contributed by atoms with Crippen LogP contribution in [-0.2, 0) is 9.59 Å². The molecule has 1 rings (SSSR count). The first-order valence-electron chi connectivity index (χ1n) is 6.63. The van der Waals surface area contributed by atoms with Crippen LogP contribution in [0.5, 0.6) is 0 Å². The molecule has 1 fully saturated rings. The zero-order valence-electron chi connectivity index (χ0n) is 10.7. The van der Waals surface area contributed by atoms with E-state index in [0.717, 1.165) is 19.4 Å². The number of rotatable bonds is 6. The average molecular weight is 241 g/mol. The Kier molecular flexibility index (Phi) is 6.01. The van der Waals surface area contributed by atoms with Crippen molar-refractivity contribution in [2.45, 2.75) is 51.9 Å². The highest BCUT2D eigenvalue weighted by atomic mass is 16.4. The highest BCUT2D eigenvalue weighted by molar-refractivity contribution is 5.76. The van der Waals surface area contributed by atoms with E-state index < -0.39 is 5.97 Å². The molecule has 1 amide bonds. The molecule has 0 aromatic rings. The third-order valence-corrected chi connectivity index (χ3v) is 3.44. The molecule has 1 N–H and O–H groups in total. The summed E-state index contributed by atoms with van der Waals surface area (Å²) in [4.78, 5) is 24.1. The summed E-state index contributed by atoms with van der Waals surface area (Å²) in [6.45, 7) is 3.59. The standard InChI is InChI=1S/C13H23NO3/c1-2-4-11-6-7-12(15)14(10-8-11)9-3-5-13(16)17/h11H,2-10H2,1H3,(H,16,17). The van der Waals surface area contributed by atoms with E-state index in [1.54, 1.807) is 0 Å².